The van der Waals surface area contributed by atoms with Crippen LogP contribution in [0.3, 0.4) is 0 Å². The normalized spacial score (nSPS) is 18.9. The maximum atomic E-state index is 6.38. The Morgan fingerprint density at radius 2 is 1.85 bits per heavy atom. The number of anilines is 1. The number of hydrogen-bond donors (Lipinski definition) is 1. The van der Waals surface area contributed by atoms with Gasteiger partial charge in [-0.3, -0.25) is 4.98 Å². The van der Waals surface area contributed by atoms with Crippen LogP contribution < -0.4 is 19.7 Å². The summed E-state index contributed by atoms with van der Waals surface area (Å²) in [6.45, 7) is 2.30. The third-order valence-electron chi connectivity index (χ3n) is 5.87. The Kier molecular flexibility index (Phi) is 5.39. The van der Waals surface area contributed by atoms with Crippen LogP contribution >= 0.6 is 24.0 Å². The van der Waals surface area contributed by atoms with Crippen molar-refractivity contribution in [1.29, 1.82) is 0 Å². The molecule has 1 fully saturated rings. The molecule has 170 valence electrons. The molecule has 6 rings (SSSR count). The van der Waals surface area contributed by atoms with Gasteiger partial charge in [-0.15, -0.1) is 0 Å². The molecule has 8 heteroatoms. The van der Waals surface area contributed by atoms with Crippen molar-refractivity contribution in [1.82, 2.24) is 10.3 Å². The lowest BCUT2D eigenvalue weighted by Gasteiger charge is -2.26. The first kappa shape index (κ1) is 21.1. The van der Waals surface area contributed by atoms with Gasteiger partial charge in [-0.1, -0.05) is 35.5 Å². The standard InChI is InChI=1S/C26H21N3O3S2/c1-16-5-8-18(9-6-16)34-23-12-11-21(32-23)25-24(19-4-2-3-13-27-19)28-26(33)29(25)17-7-10-20-22(14-17)31-15-30-20/h2-14,24-25H,15H2,1H3,(H,28,33)/t24-,25+/m1/s1. The Morgan fingerprint density at radius 1 is 1.00 bits per heavy atom. The van der Waals surface area contributed by atoms with E-state index in [2.05, 4.69) is 46.4 Å². The van der Waals surface area contributed by atoms with Crippen molar-refractivity contribution < 1.29 is 13.9 Å². The molecular weight excluding hydrogens is 466 g/mol. The van der Waals surface area contributed by atoms with Crippen LogP contribution in [0.4, 0.5) is 5.69 Å². The summed E-state index contributed by atoms with van der Waals surface area (Å²) >= 11 is 7.39. The van der Waals surface area contributed by atoms with E-state index in [4.69, 9.17) is 26.1 Å². The van der Waals surface area contributed by atoms with Crippen LogP contribution in [-0.2, 0) is 0 Å². The number of thiocarbonyl (C=S) groups is 1. The fraction of sp³-hybridized carbons (Fsp3) is 0.154. The monoisotopic (exact) mass is 487 g/mol. The average Bonchev–Trinajstić information content (AvgIpc) is 3.59. The number of benzene rings is 2. The molecule has 0 radical (unpaired) electrons. The Hall–Kier alpha value is -3.49. The number of rotatable bonds is 5. The topological polar surface area (TPSA) is 59.8 Å². The highest BCUT2D eigenvalue weighted by Gasteiger charge is 2.43. The zero-order valence-corrected chi connectivity index (χ0v) is 19.9. The summed E-state index contributed by atoms with van der Waals surface area (Å²) in [6, 6.07) is 23.8. The van der Waals surface area contributed by atoms with Gasteiger partial charge in [-0.25, -0.2) is 0 Å². The summed E-state index contributed by atoms with van der Waals surface area (Å²) in [6.07, 6.45) is 1.79. The number of furan rings is 1. The number of hydrogen-bond acceptors (Lipinski definition) is 6. The van der Waals surface area contributed by atoms with Crippen molar-refractivity contribution in [3.05, 3.63) is 96.0 Å². The van der Waals surface area contributed by atoms with Gasteiger partial charge in [0.2, 0.25) is 6.79 Å². The quantitative estimate of drug-likeness (QED) is 0.342. The first-order chi connectivity index (χ1) is 16.7. The molecule has 0 saturated carbocycles. The van der Waals surface area contributed by atoms with Gasteiger partial charge in [0.25, 0.3) is 0 Å². The second kappa shape index (κ2) is 8.70. The predicted octanol–water partition coefficient (Wildman–Crippen LogP) is 6.04. The van der Waals surface area contributed by atoms with Gasteiger partial charge in [-0.2, -0.15) is 0 Å². The minimum atomic E-state index is -0.227. The highest BCUT2D eigenvalue weighted by atomic mass is 32.2. The van der Waals surface area contributed by atoms with E-state index in [1.54, 1.807) is 18.0 Å². The Labute approximate surface area is 206 Å². The lowest BCUT2D eigenvalue weighted by Crippen LogP contribution is -2.29. The molecule has 2 aliphatic heterocycles. The molecular formula is C26H21N3O3S2. The van der Waals surface area contributed by atoms with Crippen molar-refractivity contribution in [2.75, 3.05) is 11.7 Å². The molecule has 34 heavy (non-hydrogen) atoms. The van der Waals surface area contributed by atoms with E-state index in [0.29, 0.717) is 10.9 Å². The fourth-order valence-electron chi connectivity index (χ4n) is 4.23. The molecule has 2 atom stereocenters. The number of nitrogens with zero attached hydrogens (tertiary/aromatic N) is 2. The van der Waals surface area contributed by atoms with Crippen molar-refractivity contribution in [3.8, 4) is 11.5 Å². The first-order valence-electron chi connectivity index (χ1n) is 10.9. The van der Waals surface area contributed by atoms with Crippen LogP contribution in [0.1, 0.15) is 29.1 Å². The number of aromatic nitrogens is 1. The van der Waals surface area contributed by atoms with Gasteiger partial charge in [0.1, 0.15) is 11.8 Å². The fourth-order valence-corrected chi connectivity index (χ4v) is 5.35. The van der Waals surface area contributed by atoms with Crippen molar-refractivity contribution >= 4 is 34.8 Å². The second-order valence-corrected chi connectivity index (χ2v) is 9.57. The molecule has 1 saturated heterocycles. The summed E-state index contributed by atoms with van der Waals surface area (Å²) < 4.78 is 17.5. The molecule has 0 aliphatic carbocycles. The van der Waals surface area contributed by atoms with Crippen LogP contribution in [0, 0.1) is 6.92 Å². The number of nitrogens with one attached hydrogen (secondary N) is 1. The molecule has 0 amide bonds. The molecule has 4 aromatic rings. The molecule has 6 nitrogen and oxygen atoms in total. The average molecular weight is 488 g/mol. The minimum Gasteiger partial charge on any atom is -0.454 e. The largest absolute Gasteiger partial charge is 0.454 e. The van der Waals surface area contributed by atoms with E-state index < -0.39 is 0 Å². The molecule has 4 heterocycles. The van der Waals surface area contributed by atoms with Crippen molar-refractivity contribution in [2.24, 2.45) is 0 Å². The van der Waals surface area contributed by atoms with E-state index in [9.17, 15) is 0 Å². The number of pyridine rings is 1. The summed E-state index contributed by atoms with van der Waals surface area (Å²) in [5.74, 6) is 2.24. The van der Waals surface area contributed by atoms with Crippen LogP contribution in [0.2, 0.25) is 0 Å². The molecule has 0 spiro atoms. The van der Waals surface area contributed by atoms with E-state index in [0.717, 1.165) is 32.9 Å². The third-order valence-corrected chi connectivity index (χ3v) is 7.11. The zero-order valence-electron chi connectivity index (χ0n) is 18.3. The zero-order chi connectivity index (χ0) is 23.1. The molecule has 2 aromatic heterocycles. The highest BCUT2D eigenvalue weighted by Crippen LogP contribution is 2.45. The molecule has 0 unspecified atom stereocenters. The van der Waals surface area contributed by atoms with E-state index >= 15 is 0 Å². The van der Waals surface area contributed by atoms with Crippen LogP contribution in [-0.4, -0.2) is 16.9 Å². The van der Waals surface area contributed by atoms with Crippen molar-refractivity contribution in [2.45, 2.75) is 29.0 Å². The molecule has 2 aromatic carbocycles. The number of ether oxygens (including phenoxy) is 2. The summed E-state index contributed by atoms with van der Waals surface area (Å²) in [5.41, 5.74) is 3.02. The van der Waals surface area contributed by atoms with Gasteiger partial charge < -0.3 is 24.1 Å². The maximum absolute atomic E-state index is 6.38. The number of fused-ring (bicyclic) bond motifs is 1. The van der Waals surface area contributed by atoms with E-state index in [1.165, 1.54) is 5.56 Å². The van der Waals surface area contributed by atoms with E-state index in [1.807, 2.05) is 48.5 Å². The third kappa shape index (κ3) is 3.89. The van der Waals surface area contributed by atoms with E-state index in [-0.39, 0.29) is 18.9 Å². The van der Waals surface area contributed by atoms with Crippen LogP contribution in [0.15, 0.2) is 93.4 Å². The molecule has 0 bridgehead atoms. The second-order valence-electron chi connectivity index (χ2n) is 8.11. The van der Waals surface area contributed by atoms with Crippen molar-refractivity contribution in [3.63, 3.8) is 0 Å². The minimum absolute atomic E-state index is 0.178. The molecule has 2 aliphatic rings. The Bertz CT molecular complexity index is 1340. The Balaban J connectivity index is 1.38. The summed E-state index contributed by atoms with van der Waals surface area (Å²) in [5, 5.41) is 4.88. The summed E-state index contributed by atoms with van der Waals surface area (Å²) in [7, 11) is 0. The smallest absolute Gasteiger partial charge is 0.231 e. The van der Waals surface area contributed by atoms with Crippen LogP contribution in [0.25, 0.3) is 0 Å². The van der Waals surface area contributed by atoms with Gasteiger partial charge in [0, 0.05) is 22.8 Å². The van der Waals surface area contributed by atoms with Gasteiger partial charge in [-0.05, 0) is 67.7 Å². The lowest BCUT2D eigenvalue weighted by molar-refractivity contribution is 0.174. The predicted molar refractivity (Wildman–Crippen MR) is 135 cm³/mol. The lowest BCUT2D eigenvalue weighted by atomic mass is 10.0. The number of aryl methyl sites for hydroxylation is 1. The first-order valence-corrected chi connectivity index (χ1v) is 12.1. The Morgan fingerprint density at radius 3 is 2.68 bits per heavy atom. The van der Waals surface area contributed by atoms with Gasteiger partial charge in [0.15, 0.2) is 21.7 Å². The molecule has 1 N–H and O–H groups in total. The van der Waals surface area contributed by atoms with Gasteiger partial charge >= 0.3 is 0 Å². The summed E-state index contributed by atoms with van der Waals surface area (Å²) in [4.78, 5) is 7.79. The van der Waals surface area contributed by atoms with Gasteiger partial charge in [0.05, 0.1) is 11.7 Å². The maximum Gasteiger partial charge on any atom is 0.231 e. The SMILES string of the molecule is Cc1ccc(Sc2ccc([C@H]3[C@@H](c4ccccn4)NC(=S)N3c3ccc4c(c3)OCO4)o2)cc1. The highest BCUT2D eigenvalue weighted by molar-refractivity contribution is 7.99. The van der Waals surface area contributed by atoms with Crippen LogP contribution in [0.5, 0.6) is 11.5 Å².